The maximum absolute atomic E-state index is 13.2. The molecule has 5 nitrogen and oxygen atoms in total. The highest BCUT2D eigenvalue weighted by molar-refractivity contribution is 6.14. The number of nitrogens with one attached hydrogen (secondary N) is 2. The second kappa shape index (κ2) is 7.79. The Morgan fingerprint density at radius 3 is 2.40 bits per heavy atom. The predicted molar refractivity (Wildman–Crippen MR) is 95.1 cm³/mol. The summed E-state index contributed by atoms with van der Waals surface area (Å²) in [6.07, 6.45) is 0. The SMILES string of the molecule is CCOc1ccccc1NC(=O)C(C)(C)C(=O)Nc1cccc(F)c1. The molecule has 6 heteroatoms. The second-order valence-electron chi connectivity index (χ2n) is 5.97. The van der Waals surface area contributed by atoms with Crippen molar-refractivity contribution in [3.05, 3.63) is 54.3 Å². The number of amides is 2. The topological polar surface area (TPSA) is 67.4 Å². The van der Waals surface area contributed by atoms with Crippen LogP contribution in [0.15, 0.2) is 48.5 Å². The highest BCUT2D eigenvalue weighted by Gasteiger charge is 2.36. The summed E-state index contributed by atoms with van der Waals surface area (Å²) in [5, 5.41) is 5.27. The fraction of sp³-hybridized carbons (Fsp3) is 0.263. The van der Waals surface area contributed by atoms with Gasteiger partial charge in [0.05, 0.1) is 12.3 Å². The second-order valence-corrected chi connectivity index (χ2v) is 5.97. The van der Waals surface area contributed by atoms with E-state index in [9.17, 15) is 14.0 Å². The molecular weight excluding hydrogens is 323 g/mol. The summed E-state index contributed by atoms with van der Waals surface area (Å²) in [6, 6.07) is 12.5. The van der Waals surface area contributed by atoms with E-state index in [1.165, 1.54) is 32.0 Å². The molecule has 0 aliphatic heterocycles. The Hall–Kier alpha value is -2.89. The Bertz CT molecular complexity index is 775. The van der Waals surface area contributed by atoms with Gasteiger partial charge in [0.25, 0.3) is 0 Å². The molecule has 0 heterocycles. The first-order valence-corrected chi connectivity index (χ1v) is 7.95. The standard InChI is InChI=1S/C19H21FN2O3/c1-4-25-16-11-6-5-10-15(16)22-18(24)19(2,3)17(23)21-14-9-7-8-13(20)12-14/h5-12H,4H2,1-3H3,(H,21,23)(H,22,24). The van der Waals surface area contributed by atoms with Crippen molar-refractivity contribution < 1.29 is 18.7 Å². The number of para-hydroxylation sites is 2. The minimum absolute atomic E-state index is 0.292. The summed E-state index contributed by atoms with van der Waals surface area (Å²) in [6.45, 7) is 5.30. The van der Waals surface area contributed by atoms with Gasteiger partial charge in [-0.25, -0.2) is 4.39 Å². The molecule has 0 bridgehead atoms. The van der Waals surface area contributed by atoms with Crippen molar-refractivity contribution in [3.8, 4) is 5.75 Å². The first-order chi connectivity index (χ1) is 11.8. The fourth-order valence-corrected chi connectivity index (χ4v) is 2.09. The normalized spacial score (nSPS) is 10.9. The Labute approximate surface area is 146 Å². The monoisotopic (exact) mass is 344 g/mol. The molecule has 2 rings (SSSR count). The first-order valence-electron chi connectivity index (χ1n) is 7.95. The zero-order valence-corrected chi connectivity index (χ0v) is 14.4. The molecule has 25 heavy (non-hydrogen) atoms. The van der Waals surface area contributed by atoms with E-state index in [-0.39, 0.29) is 0 Å². The molecule has 0 saturated heterocycles. The highest BCUT2D eigenvalue weighted by atomic mass is 19.1. The number of rotatable bonds is 6. The Morgan fingerprint density at radius 2 is 1.72 bits per heavy atom. The van der Waals surface area contributed by atoms with Gasteiger partial charge in [0, 0.05) is 5.69 Å². The average molecular weight is 344 g/mol. The van der Waals surface area contributed by atoms with E-state index >= 15 is 0 Å². The van der Waals surface area contributed by atoms with Crippen LogP contribution in [0, 0.1) is 11.2 Å². The van der Waals surface area contributed by atoms with Crippen molar-refractivity contribution in [2.75, 3.05) is 17.2 Å². The van der Waals surface area contributed by atoms with Crippen LogP contribution < -0.4 is 15.4 Å². The molecule has 0 spiro atoms. The number of hydrogen-bond donors (Lipinski definition) is 2. The summed E-state index contributed by atoms with van der Waals surface area (Å²) < 4.78 is 18.7. The quantitative estimate of drug-likeness (QED) is 0.783. The molecule has 0 aromatic heterocycles. The van der Waals surface area contributed by atoms with E-state index in [0.717, 1.165) is 0 Å². The van der Waals surface area contributed by atoms with Crippen LogP contribution in [-0.4, -0.2) is 18.4 Å². The number of ether oxygens (including phenoxy) is 1. The third-order valence-electron chi connectivity index (χ3n) is 3.65. The molecule has 2 aromatic rings. The maximum atomic E-state index is 13.2. The highest BCUT2D eigenvalue weighted by Crippen LogP contribution is 2.27. The summed E-state index contributed by atoms with van der Waals surface area (Å²) in [5.74, 6) is -0.969. The summed E-state index contributed by atoms with van der Waals surface area (Å²) >= 11 is 0. The molecule has 2 aromatic carbocycles. The maximum Gasteiger partial charge on any atom is 0.239 e. The molecular formula is C19H21FN2O3. The van der Waals surface area contributed by atoms with Crippen molar-refractivity contribution in [3.63, 3.8) is 0 Å². The van der Waals surface area contributed by atoms with Gasteiger partial charge in [0.15, 0.2) is 0 Å². The van der Waals surface area contributed by atoms with Gasteiger partial charge in [-0.05, 0) is 51.1 Å². The molecule has 0 unspecified atom stereocenters. The molecule has 0 radical (unpaired) electrons. The number of benzene rings is 2. The van der Waals surface area contributed by atoms with E-state index in [2.05, 4.69) is 10.6 Å². The summed E-state index contributed by atoms with van der Waals surface area (Å²) in [4.78, 5) is 25.0. The Kier molecular flexibility index (Phi) is 5.75. The third kappa shape index (κ3) is 4.56. The van der Waals surface area contributed by atoms with Crippen LogP contribution in [0.4, 0.5) is 15.8 Å². The molecule has 2 N–H and O–H groups in total. The summed E-state index contributed by atoms with van der Waals surface area (Å²) in [5.41, 5.74) is -0.590. The van der Waals surface area contributed by atoms with Crippen molar-refractivity contribution in [2.45, 2.75) is 20.8 Å². The van der Waals surface area contributed by atoms with Gasteiger partial charge in [-0.2, -0.15) is 0 Å². The minimum Gasteiger partial charge on any atom is -0.492 e. The van der Waals surface area contributed by atoms with E-state index in [4.69, 9.17) is 4.74 Å². The van der Waals surface area contributed by atoms with Crippen LogP contribution in [-0.2, 0) is 9.59 Å². The van der Waals surface area contributed by atoms with Gasteiger partial charge < -0.3 is 15.4 Å². The lowest BCUT2D eigenvalue weighted by atomic mass is 9.90. The molecule has 0 aliphatic carbocycles. The van der Waals surface area contributed by atoms with Gasteiger partial charge in [0.2, 0.25) is 11.8 Å². The first kappa shape index (κ1) is 18.4. The van der Waals surface area contributed by atoms with Crippen molar-refractivity contribution in [1.82, 2.24) is 0 Å². The molecule has 0 atom stereocenters. The van der Waals surface area contributed by atoms with Gasteiger partial charge in [-0.3, -0.25) is 9.59 Å². The van der Waals surface area contributed by atoms with Gasteiger partial charge in [-0.15, -0.1) is 0 Å². The zero-order chi connectivity index (χ0) is 18.4. The van der Waals surface area contributed by atoms with Crippen molar-refractivity contribution >= 4 is 23.2 Å². The zero-order valence-electron chi connectivity index (χ0n) is 14.4. The number of carbonyl (C=O) groups excluding carboxylic acids is 2. The van der Waals surface area contributed by atoms with E-state index < -0.39 is 23.0 Å². The van der Waals surface area contributed by atoms with Crippen LogP contribution in [0.2, 0.25) is 0 Å². The van der Waals surface area contributed by atoms with Gasteiger partial charge >= 0.3 is 0 Å². The number of carbonyl (C=O) groups is 2. The molecule has 132 valence electrons. The minimum atomic E-state index is -1.37. The van der Waals surface area contributed by atoms with Crippen molar-refractivity contribution in [2.24, 2.45) is 5.41 Å². The fourth-order valence-electron chi connectivity index (χ4n) is 2.09. The number of hydrogen-bond acceptors (Lipinski definition) is 3. The smallest absolute Gasteiger partial charge is 0.239 e. The van der Waals surface area contributed by atoms with E-state index in [0.29, 0.717) is 23.7 Å². The Balaban J connectivity index is 2.12. The molecule has 0 fully saturated rings. The number of halogens is 1. The average Bonchev–Trinajstić information content (AvgIpc) is 2.56. The largest absolute Gasteiger partial charge is 0.492 e. The molecule has 2 amide bonds. The van der Waals surface area contributed by atoms with Crippen LogP contribution >= 0.6 is 0 Å². The number of anilines is 2. The van der Waals surface area contributed by atoms with Gasteiger partial charge in [-0.1, -0.05) is 18.2 Å². The predicted octanol–water partition coefficient (Wildman–Crippen LogP) is 3.83. The van der Waals surface area contributed by atoms with Crippen LogP contribution in [0.1, 0.15) is 20.8 Å². The molecule has 0 saturated carbocycles. The van der Waals surface area contributed by atoms with Gasteiger partial charge in [0.1, 0.15) is 17.0 Å². The van der Waals surface area contributed by atoms with E-state index in [1.54, 1.807) is 30.3 Å². The lowest BCUT2D eigenvalue weighted by Crippen LogP contribution is -2.41. The lowest BCUT2D eigenvalue weighted by Gasteiger charge is -2.23. The Morgan fingerprint density at radius 1 is 1.04 bits per heavy atom. The summed E-state index contributed by atoms with van der Waals surface area (Å²) in [7, 11) is 0. The lowest BCUT2D eigenvalue weighted by molar-refractivity contribution is -0.135. The van der Waals surface area contributed by atoms with Crippen molar-refractivity contribution in [1.29, 1.82) is 0 Å². The molecule has 0 aliphatic rings. The van der Waals surface area contributed by atoms with E-state index in [1.807, 2.05) is 6.92 Å². The third-order valence-corrected chi connectivity index (χ3v) is 3.65. The van der Waals surface area contributed by atoms with Crippen LogP contribution in [0.3, 0.4) is 0 Å². The van der Waals surface area contributed by atoms with Crippen LogP contribution in [0.5, 0.6) is 5.75 Å². The van der Waals surface area contributed by atoms with Crippen LogP contribution in [0.25, 0.3) is 0 Å².